The molecule has 1 atom stereocenters. The molecule has 0 saturated carbocycles. The largest absolute Gasteiger partial charge is 0.451 e. The minimum absolute atomic E-state index is 0.162. The second kappa shape index (κ2) is 10.0. The molecule has 0 aromatic heterocycles. The summed E-state index contributed by atoms with van der Waals surface area (Å²) in [5.41, 5.74) is 0.379. The predicted octanol–water partition coefficient (Wildman–Crippen LogP) is 2.59. The number of halogens is 2. The van der Waals surface area contributed by atoms with Gasteiger partial charge in [0.25, 0.3) is 11.8 Å². The third-order valence-electron chi connectivity index (χ3n) is 3.46. The maximum absolute atomic E-state index is 12.4. The molecule has 0 radical (unpaired) electrons. The molecule has 0 fully saturated rings. The van der Waals surface area contributed by atoms with Gasteiger partial charge in [-0.05, 0) is 31.2 Å². The van der Waals surface area contributed by atoms with Gasteiger partial charge in [-0.15, -0.1) is 0 Å². The Kier molecular flexibility index (Phi) is 7.44. The van der Waals surface area contributed by atoms with Crippen LogP contribution in [-0.4, -0.2) is 37.0 Å². The zero-order valence-corrected chi connectivity index (χ0v) is 14.9. The lowest BCUT2D eigenvalue weighted by atomic mass is 10.2. The van der Waals surface area contributed by atoms with Crippen LogP contribution in [0.3, 0.4) is 0 Å². The number of nitrogens with one attached hydrogen (secondary N) is 2. The lowest BCUT2D eigenvalue weighted by molar-refractivity contribution is -0.152. The van der Waals surface area contributed by atoms with Crippen molar-refractivity contribution in [2.75, 3.05) is 11.9 Å². The number of hydrogen-bond acceptors (Lipinski definition) is 5. The van der Waals surface area contributed by atoms with E-state index in [1.54, 1.807) is 30.3 Å². The fourth-order valence-corrected chi connectivity index (χ4v) is 2.16. The Morgan fingerprint density at radius 2 is 1.64 bits per heavy atom. The molecule has 2 N–H and O–H groups in total. The Bertz CT molecular complexity index is 830. The van der Waals surface area contributed by atoms with Crippen LogP contribution in [-0.2, 0) is 14.3 Å². The first-order valence-electron chi connectivity index (χ1n) is 8.24. The lowest BCUT2D eigenvalue weighted by Crippen LogP contribution is -2.36. The molecule has 0 saturated heterocycles. The normalized spacial score (nSPS) is 11.4. The maximum Gasteiger partial charge on any atom is 0.387 e. The van der Waals surface area contributed by atoms with Crippen molar-refractivity contribution in [1.29, 1.82) is 0 Å². The summed E-state index contributed by atoms with van der Waals surface area (Å²) in [5.74, 6) is -2.52. The topological polar surface area (TPSA) is 93.7 Å². The summed E-state index contributed by atoms with van der Waals surface area (Å²) in [4.78, 5) is 35.9. The van der Waals surface area contributed by atoms with Crippen molar-refractivity contribution in [2.45, 2.75) is 19.6 Å². The molecule has 7 nitrogen and oxygen atoms in total. The van der Waals surface area contributed by atoms with E-state index < -0.39 is 37.0 Å². The highest BCUT2D eigenvalue weighted by molar-refractivity contribution is 5.99. The molecule has 0 aliphatic rings. The molecule has 0 bridgehead atoms. The van der Waals surface area contributed by atoms with Gasteiger partial charge in [0.05, 0.1) is 5.56 Å². The van der Waals surface area contributed by atoms with Gasteiger partial charge < -0.3 is 20.1 Å². The van der Waals surface area contributed by atoms with Crippen LogP contribution < -0.4 is 15.4 Å². The molecule has 2 rings (SSSR count). The van der Waals surface area contributed by atoms with Crippen LogP contribution in [0, 0.1) is 0 Å². The van der Waals surface area contributed by atoms with Gasteiger partial charge >= 0.3 is 12.6 Å². The third-order valence-corrected chi connectivity index (χ3v) is 3.46. The van der Waals surface area contributed by atoms with E-state index in [2.05, 4.69) is 15.4 Å². The summed E-state index contributed by atoms with van der Waals surface area (Å²) in [6.07, 6.45) is -1.10. The minimum Gasteiger partial charge on any atom is -0.451 e. The number of rotatable bonds is 8. The molecular formula is C19H18F2N2O5. The second-order valence-corrected chi connectivity index (χ2v) is 5.54. The molecular weight excluding hydrogens is 374 g/mol. The highest BCUT2D eigenvalue weighted by Crippen LogP contribution is 2.20. The molecule has 9 heteroatoms. The van der Waals surface area contributed by atoms with Gasteiger partial charge in [0.15, 0.2) is 6.10 Å². The molecule has 0 aliphatic carbocycles. The Balaban J connectivity index is 1.85. The van der Waals surface area contributed by atoms with E-state index in [9.17, 15) is 23.2 Å². The fraction of sp³-hybridized carbons (Fsp3) is 0.211. The molecule has 148 valence electrons. The summed E-state index contributed by atoms with van der Waals surface area (Å²) in [7, 11) is 0. The zero-order valence-electron chi connectivity index (χ0n) is 14.9. The maximum atomic E-state index is 12.4. The summed E-state index contributed by atoms with van der Waals surface area (Å²) >= 11 is 0. The van der Waals surface area contributed by atoms with Gasteiger partial charge in [-0.2, -0.15) is 8.78 Å². The monoisotopic (exact) mass is 392 g/mol. The molecule has 0 aliphatic heterocycles. The quantitative estimate of drug-likeness (QED) is 0.674. The number of carbonyl (C=O) groups is 3. The molecule has 0 spiro atoms. The van der Waals surface area contributed by atoms with Crippen LogP contribution in [0.15, 0.2) is 54.6 Å². The van der Waals surface area contributed by atoms with Gasteiger partial charge in [0, 0.05) is 5.69 Å². The average Bonchev–Trinajstić information content (AvgIpc) is 2.66. The molecule has 2 aromatic rings. The van der Waals surface area contributed by atoms with Crippen LogP contribution in [0.2, 0.25) is 0 Å². The molecule has 2 amide bonds. The van der Waals surface area contributed by atoms with Gasteiger partial charge in [-0.3, -0.25) is 14.4 Å². The molecule has 0 heterocycles. The van der Waals surface area contributed by atoms with Crippen molar-refractivity contribution in [3.05, 3.63) is 60.2 Å². The van der Waals surface area contributed by atoms with Crippen molar-refractivity contribution in [1.82, 2.24) is 5.32 Å². The van der Waals surface area contributed by atoms with Gasteiger partial charge in [0.2, 0.25) is 0 Å². The number of esters is 1. The van der Waals surface area contributed by atoms with Crippen molar-refractivity contribution in [3.63, 3.8) is 0 Å². The Labute approximate surface area is 159 Å². The number of benzene rings is 2. The number of ether oxygens (including phenoxy) is 2. The van der Waals surface area contributed by atoms with E-state index in [0.29, 0.717) is 5.69 Å². The molecule has 28 heavy (non-hydrogen) atoms. The number of para-hydroxylation sites is 2. The van der Waals surface area contributed by atoms with Gasteiger partial charge in [-0.1, -0.05) is 30.3 Å². The minimum atomic E-state index is -3.09. The first kappa shape index (κ1) is 20.8. The Morgan fingerprint density at radius 3 is 2.32 bits per heavy atom. The number of carbonyl (C=O) groups excluding carboxylic acids is 3. The fourth-order valence-electron chi connectivity index (χ4n) is 2.16. The SMILES string of the molecule is C[C@@H](OC(=O)CNC(=O)c1ccccc1OC(F)F)C(=O)Nc1ccccc1. The van der Waals surface area contributed by atoms with Crippen LogP contribution in [0.5, 0.6) is 5.75 Å². The smallest absolute Gasteiger partial charge is 0.387 e. The summed E-state index contributed by atoms with van der Waals surface area (Å²) in [5, 5.41) is 4.81. The van der Waals surface area contributed by atoms with Crippen molar-refractivity contribution < 1.29 is 32.6 Å². The summed E-state index contributed by atoms with van der Waals surface area (Å²) in [6.45, 7) is -2.27. The van der Waals surface area contributed by atoms with E-state index in [1.165, 1.54) is 31.2 Å². The van der Waals surface area contributed by atoms with Gasteiger partial charge in [0.1, 0.15) is 12.3 Å². The Hall–Kier alpha value is -3.49. The van der Waals surface area contributed by atoms with E-state index in [-0.39, 0.29) is 11.3 Å². The van der Waals surface area contributed by atoms with E-state index >= 15 is 0 Å². The second-order valence-electron chi connectivity index (χ2n) is 5.54. The predicted molar refractivity (Wildman–Crippen MR) is 96.0 cm³/mol. The number of hydrogen-bond donors (Lipinski definition) is 2. The van der Waals surface area contributed by atoms with E-state index in [0.717, 1.165) is 0 Å². The first-order chi connectivity index (χ1) is 13.4. The highest BCUT2D eigenvalue weighted by Gasteiger charge is 2.20. The van der Waals surface area contributed by atoms with E-state index in [4.69, 9.17) is 4.74 Å². The number of anilines is 1. The summed E-state index contributed by atoms with van der Waals surface area (Å²) < 4.78 is 34.0. The van der Waals surface area contributed by atoms with Crippen molar-refractivity contribution in [2.24, 2.45) is 0 Å². The first-order valence-corrected chi connectivity index (χ1v) is 8.24. The van der Waals surface area contributed by atoms with Crippen molar-refractivity contribution in [3.8, 4) is 5.75 Å². The Morgan fingerprint density at radius 1 is 1.00 bits per heavy atom. The third kappa shape index (κ3) is 6.35. The van der Waals surface area contributed by atoms with Crippen LogP contribution >= 0.6 is 0 Å². The van der Waals surface area contributed by atoms with Crippen LogP contribution in [0.4, 0.5) is 14.5 Å². The lowest BCUT2D eigenvalue weighted by Gasteiger charge is -2.14. The summed E-state index contributed by atoms with van der Waals surface area (Å²) in [6, 6.07) is 14.0. The zero-order chi connectivity index (χ0) is 20.5. The van der Waals surface area contributed by atoms with Crippen LogP contribution in [0.25, 0.3) is 0 Å². The van der Waals surface area contributed by atoms with E-state index in [1.807, 2.05) is 0 Å². The standard InChI is InChI=1S/C19H18F2N2O5/c1-12(17(25)23-13-7-3-2-4-8-13)27-16(24)11-22-18(26)14-9-5-6-10-15(14)28-19(20)21/h2-10,12,19H,11H2,1H3,(H,22,26)(H,23,25)/t12-/m1/s1. The average molecular weight is 392 g/mol. The van der Waals surface area contributed by atoms with Crippen molar-refractivity contribution >= 4 is 23.5 Å². The van der Waals surface area contributed by atoms with Gasteiger partial charge in [-0.25, -0.2) is 0 Å². The highest BCUT2D eigenvalue weighted by atomic mass is 19.3. The molecule has 2 aromatic carbocycles. The number of alkyl halides is 2. The number of amides is 2. The molecule has 0 unspecified atom stereocenters. The van der Waals surface area contributed by atoms with Crippen LogP contribution in [0.1, 0.15) is 17.3 Å².